The van der Waals surface area contributed by atoms with Crippen molar-refractivity contribution in [3.63, 3.8) is 0 Å². The Morgan fingerprint density at radius 2 is 2.08 bits per heavy atom. The van der Waals surface area contributed by atoms with Gasteiger partial charge in [0, 0.05) is 0 Å². The van der Waals surface area contributed by atoms with E-state index in [0.717, 1.165) is 5.92 Å². The molecule has 1 atom stereocenters. The van der Waals surface area contributed by atoms with Crippen molar-refractivity contribution in [1.29, 1.82) is 0 Å². The monoisotopic (exact) mass is 176 g/mol. The number of allylic oxidation sites excluding steroid dienone is 4. The maximum absolute atomic E-state index is 2.46. The molecule has 2 aliphatic rings. The molecule has 0 aliphatic heterocycles. The van der Waals surface area contributed by atoms with E-state index in [0.29, 0.717) is 0 Å². The van der Waals surface area contributed by atoms with Crippen LogP contribution in [0.5, 0.6) is 0 Å². The van der Waals surface area contributed by atoms with Gasteiger partial charge in [-0.05, 0) is 50.5 Å². The zero-order valence-electron chi connectivity index (χ0n) is 8.90. The van der Waals surface area contributed by atoms with E-state index in [1.54, 1.807) is 16.7 Å². The van der Waals surface area contributed by atoms with Crippen LogP contribution < -0.4 is 0 Å². The second-order valence-electron chi connectivity index (χ2n) is 4.82. The van der Waals surface area contributed by atoms with Crippen LogP contribution in [0.3, 0.4) is 0 Å². The summed E-state index contributed by atoms with van der Waals surface area (Å²) < 4.78 is 0. The highest BCUT2D eigenvalue weighted by molar-refractivity contribution is 5.33. The molecule has 0 saturated carbocycles. The van der Waals surface area contributed by atoms with Gasteiger partial charge in [-0.3, -0.25) is 0 Å². The molecule has 0 radical (unpaired) electrons. The molecule has 0 aromatic heterocycles. The number of rotatable bonds is 0. The molecule has 0 N–H and O–H groups in total. The predicted molar refractivity (Wildman–Crippen MR) is 57.6 cm³/mol. The Bertz CT molecular complexity index is 255. The standard InChI is InChI=1S/C13H20/c1-10-4-3-5-12-9-11(2)6-7-13(12)8-10/h9-10H,3-8H2,1-2H3. The van der Waals surface area contributed by atoms with E-state index in [2.05, 4.69) is 19.9 Å². The Balaban J connectivity index is 2.21. The molecular weight excluding hydrogens is 156 g/mol. The maximum atomic E-state index is 2.46. The molecule has 0 saturated heterocycles. The summed E-state index contributed by atoms with van der Waals surface area (Å²) in [4.78, 5) is 0. The van der Waals surface area contributed by atoms with Crippen LogP contribution in [0.4, 0.5) is 0 Å². The smallest absolute Gasteiger partial charge is 0.0277 e. The summed E-state index contributed by atoms with van der Waals surface area (Å²) in [6.45, 7) is 4.68. The van der Waals surface area contributed by atoms with Crippen molar-refractivity contribution < 1.29 is 0 Å². The maximum Gasteiger partial charge on any atom is -0.0277 e. The fourth-order valence-corrected chi connectivity index (χ4v) is 2.63. The summed E-state index contributed by atoms with van der Waals surface area (Å²) >= 11 is 0. The van der Waals surface area contributed by atoms with Crippen LogP contribution in [-0.2, 0) is 0 Å². The van der Waals surface area contributed by atoms with E-state index in [9.17, 15) is 0 Å². The predicted octanol–water partition coefficient (Wildman–Crippen LogP) is 4.23. The third-order valence-corrected chi connectivity index (χ3v) is 3.43. The lowest BCUT2D eigenvalue weighted by molar-refractivity contribution is 0.518. The van der Waals surface area contributed by atoms with Gasteiger partial charge in [-0.15, -0.1) is 0 Å². The third kappa shape index (κ3) is 2.04. The molecule has 1 unspecified atom stereocenters. The van der Waals surface area contributed by atoms with E-state index >= 15 is 0 Å². The van der Waals surface area contributed by atoms with Crippen molar-refractivity contribution in [3.8, 4) is 0 Å². The number of hydrogen-bond acceptors (Lipinski definition) is 0. The van der Waals surface area contributed by atoms with E-state index in [1.165, 1.54) is 38.5 Å². The second-order valence-corrected chi connectivity index (χ2v) is 4.82. The Hall–Kier alpha value is -0.520. The lowest BCUT2D eigenvalue weighted by Gasteiger charge is -2.17. The normalized spacial score (nSPS) is 29.4. The Morgan fingerprint density at radius 1 is 1.23 bits per heavy atom. The Morgan fingerprint density at radius 3 is 2.92 bits per heavy atom. The lowest BCUT2D eigenvalue weighted by Crippen LogP contribution is -1.99. The minimum Gasteiger partial charge on any atom is -0.0727 e. The Kier molecular flexibility index (Phi) is 2.57. The summed E-state index contributed by atoms with van der Waals surface area (Å²) in [7, 11) is 0. The van der Waals surface area contributed by atoms with Gasteiger partial charge in [0.1, 0.15) is 0 Å². The minimum atomic E-state index is 0.930. The van der Waals surface area contributed by atoms with Crippen molar-refractivity contribution in [2.45, 2.75) is 52.4 Å². The minimum absolute atomic E-state index is 0.930. The van der Waals surface area contributed by atoms with Crippen molar-refractivity contribution in [1.82, 2.24) is 0 Å². The molecule has 0 amide bonds. The lowest BCUT2D eigenvalue weighted by atomic mass is 9.88. The highest BCUT2D eigenvalue weighted by Crippen LogP contribution is 2.35. The number of hydrogen-bond donors (Lipinski definition) is 0. The first-order valence-corrected chi connectivity index (χ1v) is 5.64. The molecular formula is C13H20. The van der Waals surface area contributed by atoms with E-state index in [1.807, 2.05) is 0 Å². The summed E-state index contributed by atoms with van der Waals surface area (Å²) in [5.74, 6) is 0.930. The first-order chi connectivity index (χ1) is 6.25. The average molecular weight is 176 g/mol. The van der Waals surface area contributed by atoms with Crippen LogP contribution in [0.25, 0.3) is 0 Å². The summed E-state index contributed by atoms with van der Waals surface area (Å²) in [6, 6.07) is 0. The van der Waals surface area contributed by atoms with Crippen LogP contribution in [-0.4, -0.2) is 0 Å². The van der Waals surface area contributed by atoms with E-state index in [-0.39, 0.29) is 0 Å². The zero-order chi connectivity index (χ0) is 9.26. The Labute approximate surface area is 81.7 Å². The van der Waals surface area contributed by atoms with Crippen molar-refractivity contribution in [3.05, 3.63) is 22.8 Å². The molecule has 2 aliphatic carbocycles. The molecule has 0 heteroatoms. The topological polar surface area (TPSA) is 0 Å². The molecule has 72 valence electrons. The molecule has 0 aromatic rings. The van der Waals surface area contributed by atoms with Gasteiger partial charge >= 0.3 is 0 Å². The fourth-order valence-electron chi connectivity index (χ4n) is 2.63. The van der Waals surface area contributed by atoms with Crippen LogP contribution in [0.15, 0.2) is 22.8 Å². The molecule has 0 fully saturated rings. The first-order valence-electron chi connectivity index (χ1n) is 5.64. The molecule has 0 heterocycles. The molecule has 0 spiro atoms. The zero-order valence-corrected chi connectivity index (χ0v) is 8.90. The van der Waals surface area contributed by atoms with Gasteiger partial charge < -0.3 is 0 Å². The van der Waals surface area contributed by atoms with E-state index in [4.69, 9.17) is 0 Å². The van der Waals surface area contributed by atoms with Gasteiger partial charge in [0.25, 0.3) is 0 Å². The van der Waals surface area contributed by atoms with Crippen LogP contribution in [0.2, 0.25) is 0 Å². The average Bonchev–Trinajstić information content (AvgIpc) is 2.25. The van der Waals surface area contributed by atoms with Crippen LogP contribution in [0.1, 0.15) is 52.4 Å². The summed E-state index contributed by atoms with van der Waals surface area (Å²) in [5.41, 5.74) is 5.05. The highest BCUT2D eigenvalue weighted by Gasteiger charge is 2.17. The van der Waals surface area contributed by atoms with Gasteiger partial charge in [-0.25, -0.2) is 0 Å². The first kappa shape index (κ1) is 9.05. The highest BCUT2D eigenvalue weighted by atomic mass is 14.2. The van der Waals surface area contributed by atoms with Crippen molar-refractivity contribution >= 4 is 0 Å². The quantitative estimate of drug-likeness (QED) is 0.518. The SMILES string of the molecule is CC1=CC2=C(CC1)CC(C)CCC2. The van der Waals surface area contributed by atoms with E-state index < -0.39 is 0 Å². The van der Waals surface area contributed by atoms with Gasteiger partial charge in [-0.1, -0.05) is 30.6 Å². The molecule has 13 heavy (non-hydrogen) atoms. The van der Waals surface area contributed by atoms with Gasteiger partial charge in [-0.2, -0.15) is 0 Å². The van der Waals surface area contributed by atoms with Crippen molar-refractivity contribution in [2.24, 2.45) is 5.92 Å². The van der Waals surface area contributed by atoms with Gasteiger partial charge in [0.15, 0.2) is 0 Å². The molecule has 0 bridgehead atoms. The molecule has 0 nitrogen and oxygen atoms in total. The summed E-state index contributed by atoms with van der Waals surface area (Å²) in [6.07, 6.45) is 10.7. The second kappa shape index (κ2) is 3.69. The molecule has 2 rings (SSSR count). The molecule has 0 aromatic carbocycles. The largest absolute Gasteiger partial charge is 0.0727 e. The van der Waals surface area contributed by atoms with Crippen LogP contribution >= 0.6 is 0 Å². The fraction of sp³-hybridized carbons (Fsp3) is 0.692. The van der Waals surface area contributed by atoms with Gasteiger partial charge in [0.2, 0.25) is 0 Å². The van der Waals surface area contributed by atoms with Gasteiger partial charge in [0.05, 0.1) is 0 Å². The van der Waals surface area contributed by atoms with Crippen LogP contribution in [0, 0.1) is 5.92 Å². The van der Waals surface area contributed by atoms with Crippen molar-refractivity contribution in [2.75, 3.05) is 0 Å². The third-order valence-electron chi connectivity index (χ3n) is 3.43. The summed E-state index contributed by atoms with van der Waals surface area (Å²) in [5, 5.41) is 0.